The maximum Gasteiger partial charge on any atom is 0.335 e. The number of pyridine rings is 1. The highest BCUT2D eigenvalue weighted by Gasteiger charge is 2.36. The molecular formula is C17H13N3O4. The molecule has 1 aliphatic rings. The number of anilines is 1. The fraction of sp³-hybridized carbons (Fsp3) is 0.0588. The van der Waals surface area contributed by atoms with Crippen LogP contribution >= 0.6 is 0 Å². The molecule has 1 saturated heterocycles. The molecule has 2 heterocycles. The number of imide groups is 2. The summed E-state index contributed by atoms with van der Waals surface area (Å²) in [6.07, 6.45) is 4.31. The van der Waals surface area contributed by atoms with Gasteiger partial charge in [-0.1, -0.05) is 18.2 Å². The van der Waals surface area contributed by atoms with E-state index in [1.165, 1.54) is 37.7 Å². The average molecular weight is 323 g/mol. The highest BCUT2D eigenvalue weighted by Crippen LogP contribution is 2.24. The fourth-order valence-electron chi connectivity index (χ4n) is 2.33. The van der Waals surface area contributed by atoms with E-state index in [0.29, 0.717) is 17.0 Å². The summed E-state index contributed by atoms with van der Waals surface area (Å²) in [6, 6.07) is 9.17. The van der Waals surface area contributed by atoms with Gasteiger partial charge < -0.3 is 4.74 Å². The lowest BCUT2D eigenvalue weighted by Crippen LogP contribution is -2.54. The monoisotopic (exact) mass is 323 g/mol. The number of barbiturate groups is 1. The molecule has 3 rings (SSSR count). The summed E-state index contributed by atoms with van der Waals surface area (Å²) < 4.78 is 5.21. The molecule has 120 valence electrons. The Morgan fingerprint density at radius 3 is 2.50 bits per heavy atom. The molecule has 0 atom stereocenters. The van der Waals surface area contributed by atoms with Gasteiger partial charge in [-0.15, -0.1) is 0 Å². The number of hydrogen-bond donors (Lipinski definition) is 1. The topological polar surface area (TPSA) is 88.6 Å². The number of methoxy groups -OCH3 is 1. The largest absolute Gasteiger partial charge is 0.496 e. The number of rotatable bonds is 3. The first-order chi connectivity index (χ1) is 11.6. The molecule has 1 aromatic heterocycles. The number of amides is 4. The van der Waals surface area contributed by atoms with E-state index in [-0.39, 0.29) is 5.57 Å². The van der Waals surface area contributed by atoms with Crippen LogP contribution in [0.3, 0.4) is 0 Å². The molecule has 24 heavy (non-hydrogen) atoms. The van der Waals surface area contributed by atoms with E-state index >= 15 is 0 Å². The second kappa shape index (κ2) is 6.33. The number of ether oxygens (including phenoxy) is 1. The summed E-state index contributed by atoms with van der Waals surface area (Å²) >= 11 is 0. The van der Waals surface area contributed by atoms with Crippen LogP contribution in [0.1, 0.15) is 5.56 Å². The van der Waals surface area contributed by atoms with Gasteiger partial charge >= 0.3 is 6.03 Å². The maximum atomic E-state index is 12.7. The first kappa shape index (κ1) is 15.4. The normalized spacial score (nSPS) is 16.3. The molecule has 0 unspecified atom stereocenters. The van der Waals surface area contributed by atoms with Gasteiger partial charge in [-0.3, -0.25) is 19.9 Å². The van der Waals surface area contributed by atoms with Crippen molar-refractivity contribution in [2.24, 2.45) is 0 Å². The van der Waals surface area contributed by atoms with Crippen molar-refractivity contribution in [1.82, 2.24) is 10.3 Å². The number of carbonyl (C=O) groups is 3. The van der Waals surface area contributed by atoms with Crippen molar-refractivity contribution in [2.75, 3.05) is 12.0 Å². The Balaban J connectivity index is 2.04. The molecule has 0 saturated carbocycles. The third kappa shape index (κ3) is 2.74. The Morgan fingerprint density at radius 1 is 1.08 bits per heavy atom. The minimum absolute atomic E-state index is 0.157. The lowest BCUT2D eigenvalue weighted by Gasteiger charge is -2.26. The van der Waals surface area contributed by atoms with Crippen LogP contribution in [0.2, 0.25) is 0 Å². The lowest BCUT2D eigenvalue weighted by molar-refractivity contribution is -0.122. The molecule has 0 radical (unpaired) electrons. The Morgan fingerprint density at radius 2 is 1.79 bits per heavy atom. The van der Waals surface area contributed by atoms with Crippen LogP contribution < -0.4 is 15.0 Å². The Kier molecular flexibility index (Phi) is 4.07. The van der Waals surface area contributed by atoms with E-state index in [9.17, 15) is 14.4 Å². The SMILES string of the molecule is COc1ccccc1/C=C1\C(=O)NC(=O)N(c2ccncc2)C1=O. The molecule has 4 amide bonds. The van der Waals surface area contributed by atoms with Crippen LogP contribution in [0.25, 0.3) is 6.08 Å². The number of nitrogens with zero attached hydrogens (tertiary/aromatic N) is 2. The number of hydrogen-bond acceptors (Lipinski definition) is 5. The zero-order chi connectivity index (χ0) is 17.1. The summed E-state index contributed by atoms with van der Waals surface area (Å²) in [6.45, 7) is 0. The highest BCUT2D eigenvalue weighted by atomic mass is 16.5. The van der Waals surface area contributed by atoms with E-state index in [1.807, 2.05) is 0 Å². The Labute approximate surface area is 137 Å². The van der Waals surface area contributed by atoms with Crippen molar-refractivity contribution in [3.8, 4) is 5.75 Å². The van der Waals surface area contributed by atoms with Crippen molar-refractivity contribution in [1.29, 1.82) is 0 Å². The zero-order valence-corrected chi connectivity index (χ0v) is 12.7. The van der Waals surface area contributed by atoms with Gasteiger partial charge in [0.15, 0.2) is 0 Å². The number of carbonyl (C=O) groups excluding carboxylic acids is 3. The van der Waals surface area contributed by atoms with E-state index in [1.54, 1.807) is 24.3 Å². The second-order valence-corrected chi connectivity index (χ2v) is 4.91. The van der Waals surface area contributed by atoms with Crippen LogP contribution in [-0.2, 0) is 9.59 Å². The van der Waals surface area contributed by atoms with E-state index in [2.05, 4.69) is 10.3 Å². The van der Waals surface area contributed by atoms with Crippen LogP contribution in [0.4, 0.5) is 10.5 Å². The van der Waals surface area contributed by atoms with Crippen molar-refractivity contribution in [2.45, 2.75) is 0 Å². The fourth-order valence-corrected chi connectivity index (χ4v) is 2.33. The van der Waals surface area contributed by atoms with Gasteiger partial charge in [0, 0.05) is 18.0 Å². The zero-order valence-electron chi connectivity index (χ0n) is 12.7. The van der Waals surface area contributed by atoms with Gasteiger partial charge in [0.1, 0.15) is 11.3 Å². The van der Waals surface area contributed by atoms with Gasteiger partial charge in [-0.05, 0) is 24.3 Å². The molecule has 7 heteroatoms. The van der Waals surface area contributed by atoms with Crippen molar-refractivity contribution in [3.63, 3.8) is 0 Å². The Bertz CT molecular complexity index is 846. The summed E-state index contributed by atoms with van der Waals surface area (Å²) in [7, 11) is 1.49. The van der Waals surface area contributed by atoms with Gasteiger partial charge in [-0.25, -0.2) is 9.69 Å². The van der Waals surface area contributed by atoms with Crippen molar-refractivity contribution >= 4 is 29.6 Å². The third-order valence-electron chi connectivity index (χ3n) is 3.46. The second-order valence-electron chi connectivity index (χ2n) is 4.91. The summed E-state index contributed by atoms with van der Waals surface area (Å²) in [5, 5.41) is 2.16. The molecule has 0 aliphatic carbocycles. The van der Waals surface area contributed by atoms with Crippen LogP contribution in [0, 0.1) is 0 Å². The number of aromatic nitrogens is 1. The molecular weight excluding hydrogens is 310 g/mol. The number of para-hydroxylation sites is 1. The Hall–Kier alpha value is -3.48. The minimum atomic E-state index is -0.798. The van der Waals surface area contributed by atoms with Gasteiger partial charge in [0.25, 0.3) is 11.8 Å². The van der Waals surface area contributed by atoms with Gasteiger partial charge in [0.05, 0.1) is 12.8 Å². The molecule has 7 nitrogen and oxygen atoms in total. The lowest BCUT2D eigenvalue weighted by atomic mass is 10.1. The predicted molar refractivity (Wildman–Crippen MR) is 86.2 cm³/mol. The summed E-state index contributed by atoms with van der Waals surface area (Å²) in [5.41, 5.74) is 0.726. The van der Waals surface area contributed by atoms with Crippen molar-refractivity contribution in [3.05, 3.63) is 59.9 Å². The summed E-state index contributed by atoms with van der Waals surface area (Å²) in [4.78, 5) is 41.5. The third-order valence-corrected chi connectivity index (χ3v) is 3.46. The summed E-state index contributed by atoms with van der Waals surface area (Å²) in [5.74, 6) is -0.944. The minimum Gasteiger partial charge on any atom is -0.496 e. The molecule has 1 N–H and O–H groups in total. The van der Waals surface area contributed by atoms with E-state index in [0.717, 1.165) is 4.90 Å². The molecule has 0 bridgehead atoms. The average Bonchev–Trinajstić information content (AvgIpc) is 2.59. The molecule has 2 aromatic rings. The molecule has 1 aliphatic heterocycles. The first-order valence-corrected chi connectivity index (χ1v) is 7.06. The first-order valence-electron chi connectivity index (χ1n) is 7.06. The highest BCUT2D eigenvalue weighted by molar-refractivity contribution is 6.39. The van der Waals surface area contributed by atoms with Crippen LogP contribution in [0.15, 0.2) is 54.4 Å². The van der Waals surface area contributed by atoms with Crippen molar-refractivity contribution < 1.29 is 19.1 Å². The van der Waals surface area contributed by atoms with Gasteiger partial charge in [-0.2, -0.15) is 0 Å². The standard InChI is InChI=1S/C17H13N3O4/c1-24-14-5-3-2-4-11(14)10-13-15(21)19-17(23)20(16(13)22)12-6-8-18-9-7-12/h2-10H,1H3,(H,19,21,23)/b13-10+. The van der Waals surface area contributed by atoms with Crippen LogP contribution in [0.5, 0.6) is 5.75 Å². The molecule has 1 fully saturated rings. The quantitative estimate of drug-likeness (QED) is 0.687. The van der Waals surface area contributed by atoms with Crippen LogP contribution in [-0.4, -0.2) is 29.9 Å². The predicted octanol–water partition coefficient (Wildman–Crippen LogP) is 1.76. The number of nitrogens with one attached hydrogen (secondary N) is 1. The maximum absolute atomic E-state index is 12.7. The van der Waals surface area contributed by atoms with E-state index in [4.69, 9.17) is 4.74 Å². The number of benzene rings is 1. The molecule has 1 aromatic carbocycles. The van der Waals surface area contributed by atoms with Gasteiger partial charge in [0.2, 0.25) is 0 Å². The number of urea groups is 1. The van der Waals surface area contributed by atoms with E-state index < -0.39 is 17.8 Å². The smallest absolute Gasteiger partial charge is 0.335 e. The molecule has 0 spiro atoms.